The molecule has 106 valence electrons. The van der Waals surface area contributed by atoms with E-state index < -0.39 is 16.8 Å². The third kappa shape index (κ3) is 3.92. The number of nitrogens with one attached hydrogen (secondary N) is 1. The summed E-state index contributed by atoms with van der Waals surface area (Å²) in [5, 5.41) is 17.1. The van der Waals surface area contributed by atoms with Crippen molar-refractivity contribution < 1.29 is 9.72 Å². The summed E-state index contributed by atoms with van der Waals surface area (Å²) in [6, 6.07) is -0.591. The summed E-state index contributed by atoms with van der Waals surface area (Å²) in [7, 11) is 0. The quantitative estimate of drug-likeness (QED) is 0.642. The molecule has 0 saturated carbocycles. The average molecular weight is 289 g/mol. The first-order valence-electron chi connectivity index (χ1n) is 6.06. The number of aromatic nitrogens is 2. The Morgan fingerprint density at radius 3 is 2.74 bits per heavy atom. The van der Waals surface area contributed by atoms with E-state index in [-0.39, 0.29) is 17.0 Å². The summed E-state index contributed by atoms with van der Waals surface area (Å²) < 4.78 is 1.20. The number of amides is 1. The molecule has 0 saturated heterocycles. The van der Waals surface area contributed by atoms with Crippen LogP contribution < -0.4 is 5.32 Å². The van der Waals surface area contributed by atoms with Gasteiger partial charge in [0.2, 0.25) is 5.91 Å². The van der Waals surface area contributed by atoms with Gasteiger partial charge in [0.05, 0.1) is 11.3 Å². The van der Waals surface area contributed by atoms with Gasteiger partial charge in [0, 0.05) is 6.04 Å². The van der Waals surface area contributed by atoms with Crippen molar-refractivity contribution >= 4 is 23.3 Å². The number of nitro groups is 1. The van der Waals surface area contributed by atoms with Gasteiger partial charge in [0.25, 0.3) is 0 Å². The van der Waals surface area contributed by atoms with Crippen molar-refractivity contribution in [1.29, 1.82) is 0 Å². The van der Waals surface area contributed by atoms with Gasteiger partial charge in [-0.25, -0.2) is 0 Å². The van der Waals surface area contributed by atoms with Gasteiger partial charge >= 0.3 is 5.82 Å². The third-order valence-electron chi connectivity index (χ3n) is 2.73. The predicted octanol–water partition coefficient (Wildman–Crippen LogP) is 2.31. The molecular formula is C11H17ClN4O3. The molecule has 0 spiro atoms. The lowest BCUT2D eigenvalue weighted by molar-refractivity contribution is -0.389. The molecule has 0 aliphatic heterocycles. The van der Waals surface area contributed by atoms with E-state index in [1.165, 1.54) is 10.9 Å². The second kappa shape index (κ2) is 6.51. The number of carbonyl (C=O) groups is 1. The first-order chi connectivity index (χ1) is 8.86. The summed E-state index contributed by atoms with van der Waals surface area (Å²) in [6.45, 7) is 5.55. The van der Waals surface area contributed by atoms with E-state index in [1.807, 2.05) is 13.8 Å². The van der Waals surface area contributed by atoms with E-state index in [4.69, 9.17) is 11.6 Å². The fraction of sp³-hybridized carbons (Fsp3) is 0.636. The SMILES string of the molecule is CCCC(C)NC(=O)C(C)n1cc(Cl)c([N+](=O)[O-])n1. The van der Waals surface area contributed by atoms with Gasteiger partial charge in [0.15, 0.2) is 5.02 Å². The fourth-order valence-electron chi connectivity index (χ4n) is 1.67. The maximum atomic E-state index is 11.9. The maximum absolute atomic E-state index is 11.9. The highest BCUT2D eigenvalue weighted by Crippen LogP contribution is 2.23. The van der Waals surface area contributed by atoms with E-state index in [9.17, 15) is 14.9 Å². The molecule has 1 aromatic heterocycles. The van der Waals surface area contributed by atoms with Crippen LogP contribution in [-0.4, -0.2) is 26.7 Å². The van der Waals surface area contributed by atoms with Crippen LogP contribution in [0.15, 0.2) is 6.20 Å². The number of halogens is 1. The molecule has 0 aliphatic carbocycles. The summed E-state index contributed by atoms with van der Waals surface area (Å²) in [5.74, 6) is -0.682. The average Bonchev–Trinajstić information content (AvgIpc) is 2.70. The molecule has 2 unspecified atom stereocenters. The Morgan fingerprint density at radius 1 is 1.63 bits per heavy atom. The molecule has 1 aromatic rings. The van der Waals surface area contributed by atoms with Crippen molar-refractivity contribution in [2.75, 3.05) is 0 Å². The standard InChI is InChI=1S/C11H17ClN4O3/c1-4-5-7(2)13-11(17)8(3)15-6-9(12)10(14-15)16(18)19/h6-8H,4-5H2,1-3H3,(H,13,17). The van der Waals surface area contributed by atoms with Crippen LogP contribution in [-0.2, 0) is 4.79 Å². The Hall–Kier alpha value is -1.63. The molecule has 0 fully saturated rings. The lowest BCUT2D eigenvalue weighted by Crippen LogP contribution is -2.37. The normalized spacial score (nSPS) is 13.9. The minimum absolute atomic E-state index is 0.0565. The topological polar surface area (TPSA) is 90.1 Å². The fourth-order valence-corrected chi connectivity index (χ4v) is 1.88. The lowest BCUT2D eigenvalue weighted by Gasteiger charge is -2.15. The van der Waals surface area contributed by atoms with Gasteiger partial charge in [-0.2, -0.15) is 4.68 Å². The molecule has 0 radical (unpaired) electrons. The summed E-state index contributed by atoms with van der Waals surface area (Å²) in [5.41, 5.74) is 0. The van der Waals surface area contributed by atoms with Gasteiger partial charge in [-0.05, 0) is 25.2 Å². The molecule has 1 heterocycles. The third-order valence-corrected chi connectivity index (χ3v) is 3.00. The van der Waals surface area contributed by atoms with Crippen LogP contribution in [0, 0.1) is 10.1 Å². The van der Waals surface area contributed by atoms with E-state index in [0.717, 1.165) is 12.8 Å². The molecule has 8 heteroatoms. The Bertz CT molecular complexity index is 475. The smallest absolute Gasteiger partial charge is 0.358 e. The second-order valence-corrected chi connectivity index (χ2v) is 4.82. The first kappa shape index (κ1) is 15.4. The van der Waals surface area contributed by atoms with Gasteiger partial charge in [-0.3, -0.25) is 4.79 Å². The Morgan fingerprint density at radius 2 is 2.26 bits per heavy atom. The van der Waals surface area contributed by atoms with Crippen molar-refractivity contribution in [1.82, 2.24) is 15.1 Å². The van der Waals surface area contributed by atoms with Crippen molar-refractivity contribution in [3.63, 3.8) is 0 Å². The zero-order chi connectivity index (χ0) is 14.6. The highest BCUT2D eigenvalue weighted by molar-refractivity contribution is 6.32. The van der Waals surface area contributed by atoms with Gasteiger partial charge < -0.3 is 15.4 Å². The minimum atomic E-state index is -0.677. The zero-order valence-electron chi connectivity index (χ0n) is 11.1. The molecule has 1 N–H and O–H groups in total. The van der Waals surface area contributed by atoms with Gasteiger partial charge in [-0.15, -0.1) is 0 Å². The summed E-state index contributed by atoms with van der Waals surface area (Å²) >= 11 is 5.69. The molecule has 2 atom stereocenters. The van der Waals surface area contributed by atoms with Crippen LogP contribution >= 0.6 is 11.6 Å². The monoisotopic (exact) mass is 288 g/mol. The lowest BCUT2D eigenvalue weighted by atomic mass is 10.2. The van der Waals surface area contributed by atoms with Crippen LogP contribution in [0.3, 0.4) is 0 Å². The first-order valence-corrected chi connectivity index (χ1v) is 6.44. The zero-order valence-corrected chi connectivity index (χ0v) is 11.8. The predicted molar refractivity (Wildman–Crippen MR) is 71.1 cm³/mol. The molecule has 0 bridgehead atoms. The van der Waals surface area contributed by atoms with E-state index in [2.05, 4.69) is 10.4 Å². The second-order valence-electron chi connectivity index (χ2n) is 4.41. The van der Waals surface area contributed by atoms with Crippen LogP contribution in [0.25, 0.3) is 0 Å². The van der Waals surface area contributed by atoms with Crippen molar-refractivity contribution in [3.8, 4) is 0 Å². The van der Waals surface area contributed by atoms with Crippen LogP contribution in [0.2, 0.25) is 5.02 Å². The summed E-state index contributed by atoms with van der Waals surface area (Å²) in [4.78, 5) is 21.9. The maximum Gasteiger partial charge on any atom is 0.408 e. The van der Waals surface area contributed by atoms with Crippen molar-refractivity contribution in [3.05, 3.63) is 21.3 Å². The largest absolute Gasteiger partial charge is 0.408 e. The molecule has 19 heavy (non-hydrogen) atoms. The van der Waals surface area contributed by atoms with Gasteiger partial charge in [-0.1, -0.05) is 24.9 Å². The highest BCUT2D eigenvalue weighted by atomic mass is 35.5. The van der Waals surface area contributed by atoms with Crippen molar-refractivity contribution in [2.45, 2.75) is 45.7 Å². The van der Waals surface area contributed by atoms with Crippen LogP contribution in [0.5, 0.6) is 0 Å². The minimum Gasteiger partial charge on any atom is -0.358 e. The Kier molecular flexibility index (Phi) is 5.29. The Balaban J connectivity index is 2.77. The molecule has 1 rings (SSSR count). The molecule has 7 nitrogen and oxygen atoms in total. The molecule has 0 aliphatic rings. The van der Waals surface area contributed by atoms with Crippen LogP contribution in [0.1, 0.15) is 39.7 Å². The number of rotatable bonds is 6. The molecule has 0 aromatic carbocycles. The molecular weight excluding hydrogens is 272 g/mol. The van der Waals surface area contributed by atoms with E-state index in [0.29, 0.717) is 0 Å². The molecule has 1 amide bonds. The number of hydrogen-bond acceptors (Lipinski definition) is 4. The number of nitrogens with zero attached hydrogens (tertiary/aromatic N) is 3. The van der Waals surface area contributed by atoms with Gasteiger partial charge in [0.1, 0.15) is 6.04 Å². The van der Waals surface area contributed by atoms with E-state index >= 15 is 0 Å². The summed E-state index contributed by atoms with van der Waals surface area (Å²) in [6.07, 6.45) is 3.13. The van der Waals surface area contributed by atoms with Crippen molar-refractivity contribution in [2.24, 2.45) is 0 Å². The van der Waals surface area contributed by atoms with E-state index in [1.54, 1.807) is 6.92 Å². The highest BCUT2D eigenvalue weighted by Gasteiger charge is 2.25. The number of hydrogen-bond donors (Lipinski definition) is 1. The van der Waals surface area contributed by atoms with Crippen LogP contribution in [0.4, 0.5) is 5.82 Å². The Labute approximate surface area is 116 Å². The number of carbonyl (C=O) groups excluding carboxylic acids is 1.